The van der Waals surface area contributed by atoms with Crippen LogP contribution in [0.15, 0.2) is 10.0 Å². The van der Waals surface area contributed by atoms with Crippen LogP contribution in [0.25, 0.3) is 10.8 Å². The van der Waals surface area contributed by atoms with Gasteiger partial charge in [0.15, 0.2) is 0 Å². The SMILES string of the molecule is CCCC(O)c1noc(-c2scnc2C)n1. The van der Waals surface area contributed by atoms with Gasteiger partial charge in [-0.1, -0.05) is 18.5 Å². The van der Waals surface area contributed by atoms with Crippen LogP contribution < -0.4 is 0 Å². The van der Waals surface area contributed by atoms with Gasteiger partial charge in [-0.05, 0) is 13.3 Å². The van der Waals surface area contributed by atoms with Crippen LogP contribution in [0.4, 0.5) is 0 Å². The second-order valence-corrected chi connectivity index (χ2v) is 4.38. The monoisotopic (exact) mass is 239 g/mol. The Kier molecular flexibility index (Phi) is 3.31. The van der Waals surface area contributed by atoms with Crippen molar-refractivity contribution in [1.82, 2.24) is 15.1 Å². The van der Waals surface area contributed by atoms with E-state index in [0.717, 1.165) is 17.0 Å². The molecule has 2 rings (SSSR count). The van der Waals surface area contributed by atoms with Crippen LogP contribution in [0, 0.1) is 6.92 Å². The summed E-state index contributed by atoms with van der Waals surface area (Å²) in [7, 11) is 0. The zero-order chi connectivity index (χ0) is 11.5. The van der Waals surface area contributed by atoms with Crippen LogP contribution in [-0.4, -0.2) is 20.2 Å². The summed E-state index contributed by atoms with van der Waals surface area (Å²) in [6.45, 7) is 3.88. The summed E-state index contributed by atoms with van der Waals surface area (Å²) in [6, 6.07) is 0. The van der Waals surface area contributed by atoms with E-state index in [1.54, 1.807) is 5.51 Å². The molecular formula is C10H13N3O2S. The van der Waals surface area contributed by atoms with Crippen molar-refractivity contribution < 1.29 is 9.63 Å². The van der Waals surface area contributed by atoms with Crippen molar-refractivity contribution in [1.29, 1.82) is 0 Å². The van der Waals surface area contributed by atoms with Gasteiger partial charge in [0, 0.05) is 0 Å². The fourth-order valence-electron chi connectivity index (χ4n) is 1.37. The minimum absolute atomic E-state index is 0.352. The average Bonchev–Trinajstić information content (AvgIpc) is 2.86. The number of aryl methyl sites for hydroxylation is 1. The van der Waals surface area contributed by atoms with Crippen LogP contribution in [0.5, 0.6) is 0 Å². The Labute approximate surface area is 97.2 Å². The molecule has 1 unspecified atom stereocenters. The van der Waals surface area contributed by atoms with E-state index in [1.807, 2.05) is 13.8 Å². The third-order valence-corrected chi connectivity index (χ3v) is 3.16. The maximum absolute atomic E-state index is 9.70. The molecule has 86 valence electrons. The second-order valence-electron chi connectivity index (χ2n) is 3.53. The van der Waals surface area contributed by atoms with Gasteiger partial charge in [-0.3, -0.25) is 0 Å². The zero-order valence-electron chi connectivity index (χ0n) is 9.17. The quantitative estimate of drug-likeness (QED) is 0.886. The summed E-state index contributed by atoms with van der Waals surface area (Å²) in [5.74, 6) is 0.787. The lowest BCUT2D eigenvalue weighted by Crippen LogP contribution is -1.98. The third-order valence-electron chi connectivity index (χ3n) is 2.24. The number of thiazole rings is 1. The van der Waals surface area contributed by atoms with Crippen LogP contribution in [0.3, 0.4) is 0 Å². The van der Waals surface area contributed by atoms with E-state index in [2.05, 4.69) is 15.1 Å². The number of aliphatic hydroxyl groups is 1. The normalized spacial score (nSPS) is 12.9. The van der Waals surface area contributed by atoms with Crippen LogP contribution in [0.2, 0.25) is 0 Å². The number of aliphatic hydroxyl groups excluding tert-OH is 1. The molecule has 0 aliphatic rings. The van der Waals surface area contributed by atoms with Crippen molar-refractivity contribution in [2.45, 2.75) is 32.8 Å². The van der Waals surface area contributed by atoms with Gasteiger partial charge in [-0.15, -0.1) is 11.3 Å². The third kappa shape index (κ3) is 2.12. The highest BCUT2D eigenvalue weighted by Crippen LogP contribution is 2.26. The maximum Gasteiger partial charge on any atom is 0.270 e. The van der Waals surface area contributed by atoms with Gasteiger partial charge < -0.3 is 9.63 Å². The second kappa shape index (κ2) is 4.71. The van der Waals surface area contributed by atoms with Crippen LogP contribution >= 0.6 is 11.3 Å². The van der Waals surface area contributed by atoms with Gasteiger partial charge in [-0.25, -0.2) is 4.98 Å². The number of rotatable bonds is 4. The van der Waals surface area contributed by atoms with Crippen molar-refractivity contribution in [3.8, 4) is 10.8 Å². The topological polar surface area (TPSA) is 72.0 Å². The standard InChI is InChI=1S/C10H13N3O2S/c1-3-4-7(14)9-12-10(15-13-9)8-6(2)11-5-16-8/h5,7,14H,3-4H2,1-2H3. The molecule has 2 aromatic heterocycles. The molecule has 16 heavy (non-hydrogen) atoms. The Morgan fingerprint density at radius 2 is 2.38 bits per heavy atom. The molecule has 0 saturated carbocycles. The van der Waals surface area contributed by atoms with Gasteiger partial charge in [0.05, 0.1) is 11.2 Å². The van der Waals surface area contributed by atoms with E-state index in [-0.39, 0.29) is 0 Å². The molecule has 0 aliphatic heterocycles. The highest BCUT2D eigenvalue weighted by atomic mass is 32.1. The summed E-state index contributed by atoms with van der Waals surface area (Å²) in [5.41, 5.74) is 2.60. The molecule has 6 heteroatoms. The summed E-state index contributed by atoms with van der Waals surface area (Å²) < 4.78 is 5.11. The van der Waals surface area contributed by atoms with Gasteiger partial charge in [0.25, 0.3) is 5.89 Å². The molecule has 5 nitrogen and oxygen atoms in total. The Bertz CT molecular complexity index is 466. The molecule has 0 saturated heterocycles. The smallest absolute Gasteiger partial charge is 0.270 e. The Hall–Kier alpha value is -1.27. The van der Waals surface area contributed by atoms with E-state index in [4.69, 9.17) is 4.52 Å². The lowest BCUT2D eigenvalue weighted by atomic mass is 10.2. The molecular weight excluding hydrogens is 226 g/mol. The first-order chi connectivity index (χ1) is 7.72. The fraction of sp³-hybridized carbons (Fsp3) is 0.500. The summed E-state index contributed by atoms with van der Waals surface area (Å²) in [6.07, 6.45) is 0.876. The number of hydrogen-bond donors (Lipinski definition) is 1. The molecule has 2 aromatic rings. The zero-order valence-corrected chi connectivity index (χ0v) is 9.99. The molecule has 0 fully saturated rings. The molecule has 0 aromatic carbocycles. The molecule has 0 bridgehead atoms. The highest BCUT2D eigenvalue weighted by molar-refractivity contribution is 7.13. The molecule has 2 heterocycles. The van der Waals surface area contributed by atoms with Gasteiger partial charge in [0.2, 0.25) is 5.82 Å². The molecule has 1 atom stereocenters. The molecule has 0 spiro atoms. The van der Waals surface area contributed by atoms with E-state index in [1.165, 1.54) is 11.3 Å². The van der Waals surface area contributed by atoms with Crippen molar-refractivity contribution in [2.75, 3.05) is 0 Å². The first-order valence-electron chi connectivity index (χ1n) is 5.14. The van der Waals surface area contributed by atoms with Crippen molar-refractivity contribution >= 4 is 11.3 Å². The van der Waals surface area contributed by atoms with Gasteiger partial charge >= 0.3 is 0 Å². The van der Waals surface area contributed by atoms with Crippen molar-refractivity contribution in [3.63, 3.8) is 0 Å². The molecule has 0 amide bonds. The van der Waals surface area contributed by atoms with E-state index < -0.39 is 6.10 Å². The molecule has 0 aliphatic carbocycles. The summed E-state index contributed by atoms with van der Waals surface area (Å²) >= 11 is 1.45. The molecule has 0 radical (unpaired) electrons. The summed E-state index contributed by atoms with van der Waals surface area (Å²) in [4.78, 5) is 9.15. The Balaban J connectivity index is 2.23. The van der Waals surface area contributed by atoms with Crippen molar-refractivity contribution in [2.24, 2.45) is 0 Å². The summed E-state index contributed by atoms with van der Waals surface area (Å²) in [5, 5.41) is 13.5. The fourth-order valence-corrected chi connectivity index (χ4v) is 2.10. The predicted octanol–water partition coefficient (Wildman–Crippen LogP) is 2.34. The lowest BCUT2D eigenvalue weighted by Gasteiger charge is -2.01. The Morgan fingerprint density at radius 3 is 3.00 bits per heavy atom. The number of hydrogen-bond acceptors (Lipinski definition) is 6. The van der Waals surface area contributed by atoms with Gasteiger partial charge in [0.1, 0.15) is 11.0 Å². The maximum atomic E-state index is 9.70. The van der Waals surface area contributed by atoms with E-state index in [0.29, 0.717) is 18.1 Å². The number of nitrogens with zero attached hydrogens (tertiary/aromatic N) is 3. The molecule has 1 N–H and O–H groups in total. The average molecular weight is 239 g/mol. The van der Waals surface area contributed by atoms with Crippen LogP contribution in [-0.2, 0) is 0 Å². The Morgan fingerprint density at radius 1 is 1.56 bits per heavy atom. The van der Waals surface area contributed by atoms with Crippen LogP contribution in [0.1, 0.15) is 37.4 Å². The van der Waals surface area contributed by atoms with Gasteiger partial charge in [-0.2, -0.15) is 4.98 Å². The van der Waals surface area contributed by atoms with E-state index >= 15 is 0 Å². The van der Waals surface area contributed by atoms with E-state index in [9.17, 15) is 5.11 Å². The lowest BCUT2D eigenvalue weighted by molar-refractivity contribution is 0.153. The number of aromatic nitrogens is 3. The minimum atomic E-state index is -0.643. The highest BCUT2D eigenvalue weighted by Gasteiger charge is 2.17. The largest absolute Gasteiger partial charge is 0.385 e. The first kappa shape index (κ1) is 11.2. The minimum Gasteiger partial charge on any atom is -0.385 e. The van der Waals surface area contributed by atoms with Crippen molar-refractivity contribution in [3.05, 3.63) is 17.0 Å². The first-order valence-corrected chi connectivity index (χ1v) is 6.02. The predicted molar refractivity (Wildman–Crippen MR) is 60.0 cm³/mol.